The molecule has 140 valence electrons. The summed E-state index contributed by atoms with van der Waals surface area (Å²) in [5.41, 5.74) is 3.12. The molecule has 2 heterocycles. The zero-order chi connectivity index (χ0) is 19.5. The first-order chi connectivity index (χ1) is 13.7. The number of benzene rings is 2. The number of rotatable bonds is 4. The van der Waals surface area contributed by atoms with Crippen LogP contribution >= 0.6 is 11.8 Å². The maximum atomic E-state index is 13.1. The molecule has 0 unspecified atom stereocenters. The second kappa shape index (κ2) is 7.83. The molecule has 2 aliphatic heterocycles. The minimum atomic E-state index is -0.162. The molecule has 2 aromatic rings. The Labute approximate surface area is 168 Å². The van der Waals surface area contributed by atoms with E-state index in [1.807, 2.05) is 49.4 Å². The number of fused-ring (bicyclic) bond motifs is 1. The number of carbonyl (C=O) groups is 1. The quantitative estimate of drug-likeness (QED) is 0.446. The van der Waals surface area contributed by atoms with Gasteiger partial charge in [0.25, 0.3) is 5.91 Å². The fourth-order valence-corrected chi connectivity index (χ4v) is 3.76. The van der Waals surface area contributed by atoms with Crippen molar-refractivity contribution in [1.29, 1.82) is 0 Å². The summed E-state index contributed by atoms with van der Waals surface area (Å²) in [6.07, 6.45) is 7.74. The Kier molecular flexibility index (Phi) is 5.09. The van der Waals surface area contributed by atoms with Crippen molar-refractivity contribution in [2.75, 3.05) is 17.4 Å². The van der Waals surface area contributed by atoms with E-state index in [1.165, 1.54) is 11.8 Å². The van der Waals surface area contributed by atoms with Crippen molar-refractivity contribution in [3.05, 3.63) is 59.3 Å². The minimum Gasteiger partial charge on any atom is -0.454 e. The van der Waals surface area contributed by atoms with E-state index in [2.05, 4.69) is 10.9 Å². The lowest BCUT2D eigenvalue weighted by Gasteiger charge is -2.17. The molecular weight excluding hydrogens is 372 g/mol. The Morgan fingerprint density at radius 1 is 1.21 bits per heavy atom. The summed E-state index contributed by atoms with van der Waals surface area (Å²) >= 11 is 1.48. The van der Waals surface area contributed by atoms with Gasteiger partial charge in [0.1, 0.15) is 5.70 Å². The Morgan fingerprint density at radius 2 is 2.00 bits per heavy atom. The van der Waals surface area contributed by atoms with Crippen molar-refractivity contribution in [3.8, 4) is 23.8 Å². The summed E-state index contributed by atoms with van der Waals surface area (Å²) in [4.78, 5) is 19.3. The fourth-order valence-electron chi connectivity index (χ4n) is 2.88. The van der Waals surface area contributed by atoms with E-state index in [9.17, 15) is 4.79 Å². The lowest BCUT2D eigenvalue weighted by Crippen LogP contribution is -2.30. The van der Waals surface area contributed by atoms with Gasteiger partial charge in [-0.3, -0.25) is 9.69 Å². The number of hydrogen-bond donors (Lipinski definition) is 0. The standard InChI is InChI=1S/C22H18N2O3S/c1-3-4-11-28-22-23-18(12-16-7-10-19-20(13-16)27-14-26-19)21(25)24(22)17-8-5-15(2)6-9-17/h1,5-10,12-13H,4,11,14H2,2H3. The SMILES string of the molecule is C#CCCSC1=NC(=Cc2ccc3c(c2)OCO3)C(=O)N1c1ccc(C)cc1. The molecule has 0 aliphatic carbocycles. The molecule has 0 saturated carbocycles. The van der Waals surface area contributed by atoms with Crippen molar-refractivity contribution in [3.63, 3.8) is 0 Å². The van der Waals surface area contributed by atoms with Gasteiger partial charge in [-0.25, -0.2) is 4.99 Å². The lowest BCUT2D eigenvalue weighted by atomic mass is 10.1. The van der Waals surface area contributed by atoms with E-state index >= 15 is 0 Å². The number of terminal acetylenes is 1. The van der Waals surface area contributed by atoms with Gasteiger partial charge < -0.3 is 9.47 Å². The van der Waals surface area contributed by atoms with Crippen LogP contribution in [0.3, 0.4) is 0 Å². The molecule has 0 spiro atoms. The molecule has 28 heavy (non-hydrogen) atoms. The molecule has 0 aromatic heterocycles. The van der Waals surface area contributed by atoms with E-state index in [1.54, 1.807) is 11.0 Å². The molecule has 5 nitrogen and oxygen atoms in total. The van der Waals surface area contributed by atoms with Crippen LogP contribution in [0, 0.1) is 19.3 Å². The first kappa shape index (κ1) is 18.2. The molecule has 0 atom stereocenters. The summed E-state index contributed by atoms with van der Waals surface area (Å²) in [6.45, 7) is 2.22. The Balaban J connectivity index is 1.66. The van der Waals surface area contributed by atoms with Gasteiger partial charge in [0.15, 0.2) is 16.7 Å². The first-order valence-electron chi connectivity index (χ1n) is 8.83. The van der Waals surface area contributed by atoms with Crippen LogP contribution < -0.4 is 14.4 Å². The van der Waals surface area contributed by atoms with Crippen LogP contribution in [0.2, 0.25) is 0 Å². The maximum absolute atomic E-state index is 13.1. The van der Waals surface area contributed by atoms with Crippen molar-refractivity contribution in [1.82, 2.24) is 0 Å². The third-order valence-corrected chi connectivity index (χ3v) is 5.24. The monoisotopic (exact) mass is 390 g/mol. The van der Waals surface area contributed by atoms with Crippen molar-refractivity contribution < 1.29 is 14.3 Å². The van der Waals surface area contributed by atoms with Crippen LogP contribution in [0.25, 0.3) is 6.08 Å². The molecule has 0 saturated heterocycles. The highest BCUT2D eigenvalue weighted by atomic mass is 32.2. The normalized spacial score (nSPS) is 16.4. The lowest BCUT2D eigenvalue weighted by molar-refractivity contribution is -0.113. The molecule has 0 N–H and O–H groups in total. The highest BCUT2D eigenvalue weighted by molar-refractivity contribution is 8.14. The van der Waals surface area contributed by atoms with Crippen molar-refractivity contribution in [2.24, 2.45) is 4.99 Å². The number of aryl methyl sites for hydroxylation is 1. The third kappa shape index (κ3) is 3.62. The summed E-state index contributed by atoms with van der Waals surface area (Å²) in [6, 6.07) is 13.4. The average molecular weight is 390 g/mol. The van der Waals surface area contributed by atoms with Crippen molar-refractivity contribution >= 4 is 34.6 Å². The summed E-state index contributed by atoms with van der Waals surface area (Å²) in [5.74, 6) is 4.53. The number of carbonyl (C=O) groups excluding carboxylic acids is 1. The van der Waals surface area contributed by atoms with Gasteiger partial charge in [0.2, 0.25) is 6.79 Å². The van der Waals surface area contributed by atoms with Crippen LogP contribution in [0.1, 0.15) is 17.5 Å². The van der Waals surface area contributed by atoms with Gasteiger partial charge in [-0.1, -0.05) is 35.5 Å². The molecule has 0 radical (unpaired) electrons. The average Bonchev–Trinajstić information content (AvgIpc) is 3.28. The Bertz CT molecular complexity index is 1020. The summed E-state index contributed by atoms with van der Waals surface area (Å²) < 4.78 is 10.7. The van der Waals surface area contributed by atoms with Gasteiger partial charge in [-0.05, 0) is 42.8 Å². The third-order valence-electron chi connectivity index (χ3n) is 4.30. The maximum Gasteiger partial charge on any atom is 0.283 e. The van der Waals surface area contributed by atoms with Crippen molar-refractivity contribution in [2.45, 2.75) is 13.3 Å². The zero-order valence-electron chi connectivity index (χ0n) is 15.3. The predicted octanol–water partition coefficient (Wildman–Crippen LogP) is 4.22. The molecule has 2 aliphatic rings. The highest BCUT2D eigenvalue weighted by Gasteiger charge is 2.31. The first-order valence-corrected chi connectivity index (χ1v) is 9.82. The van der Waals surface area contributed by atoms with Gasteiger partial charge in [0.05, 0.1) is 5.69 Å². The predicted molar refractivity (Wildman–Crippen MR) is 113 cm³/mol. The number of aliphatic imine (C=N–C) groups is 1. The number of thioether (sulfide) groups is 1. The molecular formula is C22H18N2O3S. The topological polar surface area (TPSA) is 51.1 Å². The van der Waals surface area contributed by atoms with Crippen LogP contribution in [0.4, 0.5) is 5.69 Å². The fraction of sp³-hybridized carbons (Fsp3) is 0.182. The van der Waals surface area contributed by atoms with Gasteiger partial charge >= 0.3 is 0 Å². The highest BCUT2D eigenvalue weighted by Crippen LogP contribution is 2.34. The largest absolute Gasteiger partial charge is 0.454 e. The van der Waals surface area contributed by atoms with E-state index in [0.29, 0.717) is 34.5 Å². The number of amidine groups is 1. The van der Waals surface area contributed by atoms with E-state index < -0.39 is 0 Å². The Morgan fingerprint density at radius 3 is 2.79 bits per heavy atom. The smallest absolute Gasteiger partial charge is 0.283 e. The second-order valence-corrected chi connectivity index (χ2v) is 7.38. The van der Waals surface area contributed by atoms with Gasteiger partial charge in [0, 0.05) is 12.2 Å². The number of hydrogen-bond acceptors (Lipinski definition) is 5. The Hall–Kier alpha value is -3.17. The second-order valence-electron chi connectivity index (χ2n) is 6.32. The number of nitrogens with zero attached hydrogens (tertiary/aromatic N) is 2. The van der Waals surface area contributed by atoms with Gasteiger partial charge in [-0.15, -0.1) is 12.3 Å². The van der Waals surface area contributed by atoms with E-state index in [4.69, 9.17) is 15.9 Å². The number of ether oxygens (including phenoxy) is 2. The zero-order valence-corrected chi connectivity index (χ0v) is 16.2. The number of anilines is 1. The van der Waals surface area contributed by atoms with E-state index in [0.717, 1.165) is 16.8 Å². The molecule has 2 aromatic carbocycles. The van der Waals surface area contributed by atoms with Crippen LogP contribution in [0.5, 0.6) is 11.5 Å². The minimum absolute atomic E-state index is 0.162. The number of amides is 1. The molecule has 0 bridgehead atoms. The summed E-state index contributed by atoms with van der Waals surface area (Å²) in [7, 11) is 0. The molecule has 1 amide bonds. The molecule has 0 fully saturated rings. The van der Waals surface area contributed by atoms with Gasteiger partial charge in [-0.2, -0.15) is 0 Å². The van der Waals surface area contributed by atoms with Crippen LogP contribution in [0.15, 0.2) is 53.2 Å². The van der Waals surface area contributed by atoms with Crippen LogP contribution in [-0.2, 0) is 4.79 Å². The van der Waals surface area contributed by atoms with Crippen LogP contribution in [-0.4, -0.2) is 23.6 Å². The summed E-state index contributed by atoms with van der Waals surface area (Å²) in [5, 5.41) is 0.635. The van der Waals surface area contributed by atoms with E-state index in [-0.39, 0.29) is 12.7 Å². The molecule has 4 rings (SSSR count). The molecule has 6 heteroatoms.